The quantitative estimate of drug-likeness (QED) is 0.300. The molecule has 1 N–H and O–H groups in total. The topological polar surface area (TPSA) is 99.8 Å². The van der Waals surface area contributed by atoms with Gasteiger partial charge in [-0.1, -0.05) is 44.5 Å². The second kappa shape index (κ2) is 9.93. The average molecular weight is 561 g/mol. The van der Waals surface area contributed by atoms with Gasteiger partial charge in [0.05, 0.1) is 22.5 Å². The van der Waals surface area contributed by atoms with Gasteiger partial charge in [0.2, 0.25) is 0 Å². The van der Waals surface area contributed by atoms with Gasteiger partial charge in [0, 0.05) is 41.9 Å². The molecule has 1 aromatic carbocycles. The van der Waals surface area contributed by atoms with Gasteiger partial charge in [-0.3, -0.25) is 4.79 Å². The molecule has 5 rings (SSSR count). The van der Waals surface area contributed by atoms with Crippen molar-refractivity contribution in [1.82, 2.24) is 14.9 Å². The van der Waals surface area contributed by atoms with Crippen LogP contribution >= 0.6 is 11.6 Å². The van der Waals surface area contributed by atoms with Gasteiger partial charge >= 0.3 is 5.97 Å². The molecule has 4 aromatic rings. The molecular formula is C31H33ClN4O4. The zero-order valence-corrected chi connectivity index (χ0v) is 24.3. The molecule has 1 fully saturated rings. The zero-order chi connectivity index (χ0) is 29.0. The molecule has 208 valence electrons. The highest BCUT2D eigenvalue weighted by Gasteiger charge is 2.39. The van der Waals surface area contributed by atoms with Crippen molar-refractivity contribution in [3.63, 3.8) is 0 Å². The number of piperazine rings is 1. The van der Waals surface area contributed by atoms with E-state index in [-0.39, 0.29) is 22.6 Å². The van der Waals surface area contributed by atoms with E-state index in [1.165, 1.54) is 0 Å². The van der Waals surface area contributed by atoms with Crippen molar-refractivity contribution in [2.75, 3.05) is 24.5 Å². The number of carbonyl (C=O) groups excluding carboxylic acids is 1. The smallest absolute Gasteiger partial charge is 0.337 e. The number of halogens is 1. The summed E-state index contributed by atoms with van der Waals surface area (Å²) in [5, 5.41) is 9.99. The normalized spacial score (nSPS) is 15.5. The third-order valence-corrected chi connectivity index (χ3v) is 7.66. The van der Waals surface area contributed by atoms with E-state index in [4.69, 9.17) is 21.0 Å². The Bertz CT molecular complexity index is 1620. The number of carboxylic acid groups (broad SMARTS) is 1. The largest absolute Gasteiger partial charge is 0.478 e. The standard InChI is InChI=1S/C31H33ClN4O4/c1-18-21(29(38)39)11-12-26(33-18)35-13-14-36(31(5,6)17-35)28(37)25-16-24-27(40-25)22(30(2,3)4)15-23(34-24)19-7-9-20(32)10-8-19/h7-12,15-16H,13-14,17H2,1-6H3,(H,38,39). The molecule has 0 spiro atoms. The van der Waals surface area contributed by atoms with E-state index < -0.39 is 11.5 Å². The van der Waals surface area contributed by atoms with Crippen LogP contribution in [0.5, 0.6) is 0 Å². The Kier molecular flexibility index (Phi) is 6.86. The predicted octanol–water partition coefficient (Wildman–Crippen LogP) is 6.59. The number of aryl methyl sites for hydroxylation is 1. The number of fused-ring (bicyclic) bond motifs is 1. The first-order valence-electron chi connectivity index (χ1n) is 13.2. The fraction of sp³-hybridized carbons (Fsp3) is 0.355. The lowest BCUT2D eigenvalue weighted by Gasteiger charge is -2.47. The number of pyridine rings is 2. The fourth-order valence-corrected chi connectivity index (χ4v) is 5.39. The number of anilines is 1. The van der Waals surface area contributed by atoms with Crippen molar-refractivity contribution >= 4 is 40.4 Å². The first-order chi connectivity index (χ1) is 18.7. The second-order valence-corrected chi connectivity index (χ2v) is 12.4. The van der Waals surface area contributed by atoms with Gasteiger partial charge in [-0.05, 0) is 56.5 Å². The van der Waals surface area contributed by atoms with Crippen molar-refractivity contribution in [2.24, 2.45) is 0 Å². The monoisotopic (exact) mass is 560 g/mol. The summed E-state index contributed by atoms with van der Waals surface area (Å²) in [7, 11) is 0. The first kappa shape index (κ1) is 27.6. The number of carbonyl (C=O) groups is 2. The van der Waals surface area contributed by atoms with E-state index in [0.29, 0.717) is 47.3 Å². The maximum absolute atomic E-state index is 13.8. The molecular weight excluding hydrogens is 528 g/mol. The number of nitrogens with zero attached hydrogens (tertiary/aromatic N) is 4. The number of carboxylic acids is 1. The van der Waals surface area contributed by atoms with E-state index in [1.54, 1.807) is 25.1 Å². The Balaban J connectivity index is 1.45. The summed E-state index contributed by atoms with van der Waals surface area (Å²) in [4.78, 5) is 38.5. The maximum Gasteiger partial charge on any atom is 0.337 e. The Morgan fingerprint density at radius 3 is 2.33 bits per heavy atom. The Hall–Kier alpha value is -3.91. The van der Waals surface area contributed by atoms with Crippen LogP contribution in [0.2, 0.25) is 5.02 Å². The van der Waals surface area contributed by atoms with Gasteiger partial charge in [-0.2, -0.15) is 0 Å². The summed E-state index contributed by atoms with van der Waals surface area (Å²) in [6.07, 6.45) is 0. The summed E-state index contributed by atoms with van der Waals surface area (Å²) in [5.41, 5.74) is 3.81. The van der Waals surface area contributed by atoms with Crippen LogP contribution in [-0.4, -0.2) is 57.0 Å². The number of hydrogen-bond donors (Lipinski definition) is 1. The Morgan fingerprint density at radius 2 is 1.73 bits per heavy atom. The number of rotatable bonds is 4. The number of furan rings is 1. The Morgan fingerprint density at radius 1 is 1.02 bits per heavy atom. The van der Waals surface area contributed by atoms with Crippen molar-refractivity contribution in [3.05, 3.63) is 76.1 Å². The van der Waals surface area contributed by atoms with E-state index in [1.807, 2.05) is 49.1 Å². The number of amides is 1. The molecule has 0 unspecified atom stereocenters. The molecule has 0 radical (unpaired) electrons. The zero-order valence-electron chi connectivity index (χ0n) is 23.6. The second-order valence-electron chi connectivity index (χ2n) is 11.9. The fourth-order valence-electron chi connectivity index (χ4n) is 5.26. The molecule has 8 nitrogen and oxygen atoms in total. The van der Waals surface area contributed by atoms with E-state index in [0.717, 1.165) is 16.8 Å². The van der Waals surface area contributed by atoms with Crippen LogP contribution in [-0.2, 0) is 5.41 Å². The van der Waals surface area contributed by atoms with Crippen molar-refractivity contribution < 1.29 is 19.1 Å². The molecule has 4 heterocycles. The van der Waals surface area contributed by atoms with Crippen LogP contribution < -0.4 is 4.90 Å². The van der Waals surface area contributed by atoms with Gasteiger partial charge in [0.15, 0.2) is 11.3 Å². The highest BCUT2D eigenvalue weighted by atomic mass is 35.5. The van der Waals surface area contributed by atoms with Crippen LogP contribution in [0.4, 0.5) is 5.82 Å². The van der Waals surface area contributed by atoms with Crippen molar-refractivity contribution in [2.45, 2.75) is 52.5 Å². The summed E-state index contributed by atoms with van der Waals surface area (Å²) < 4.78 is 6.25. The van der Waals surface area contributed by atoms with Gasteiger partial charge in [-0.15, -0.1) is 0 Å². The van der Waals surface area contributed by atoms with E-state index >= 15 is 0 Å². The minimum Gasteiger partial charge on any atom is -0.478 e. The van der Waals surface area contributed by atoms with Gasteiger partial charge in [0.1, 0.15) is 11.3 Å². The molecule has 40 heavy (non-hydrogen) atoms. The summed E-state index contributed by atoms with van der Waals surface area (Å²) in [6, 6.07) is 14.6. The van der Waals surface area contributed by atoms with Crippen molar-refractivity contribution in [1.29, 1.82) is 0 Å². The molecule has 0 atom stereocenters. The molecule has 0 saturated carbocycles. The molecule has 1 aliphatic heterocycles. The molecule has 3 aromatic heterocycles. The highest BCUT2D eigenvalue weighted by Crippen LogP contribution is 2.36. The lowest BCUT2D eigenvalue weighted by atomic mass is 9.86. The van der Waals surface area contributed by atoms with Crippen LogP contribution in [0.1, 0.15) is 66.8 Å². The average Bonchev–Trinajstić information content (AvgIpc) is 3.31. The van der Waals surface area contributed by atoms with Gasteiger partial charge in [0.25, 0.3) is 5.91 Å². The predicted molar refractivity (Wildman–Crippen MR) is 156 cm³/mol. The third kappa shape index (κ3) is 5.16. The summed E-state index contributed by atoms with van der Waals surface area (Å²) in [5.74, 6) is -0.244. The van der Waals surface area contributed by atoms with Crippen molar-refractivity contribution in [3.8, 4) is 11.3 Å². The molecule has 9 heteroatoms. The highest BCUT2D eigenvalue weighted by molar-refractivity contribution is 6.30. The van der Waals surface area contributed by atoms with Crippen LogP contribution in [0, 0.1) is 6.92 Å². The van der Waals surface area contributed by atoms with E-state index in [9.17, 15) is 14.7 Å². The lowest BCUT2D eigenvalue weighted by molar-refractivity contribution is 0.0483. The summed E-state index contributed by atoms with van der Waals surface area (Å²) >= 11 is 6.10. The molecule has 0 aliphatic carbocycles. The Labute approximate surface area is 238 Å². The first-order valence-corrected chi connectivity index (χ1v) is 13.6. The number of benzene rings is 1. The number of hydrogen-bond acceptors (Lipinski definition) is 6. The van der Waals surface area contributed by atoms with Gasteiger partial charge < -0.3 is 19.3 Å². The minimum atomic E-state index is -0.998. The SMILES string of the molecule is Cc1nc(N2CCN(C(=O)c3cc4nc(-c5ccc(Cl)cc5)cc(C(C)(C)C)c4o3)C(C)(C)C2)ccc1C(=O)O. The van der Waals surface area contributed by atoms with Crippen LogP contribution in [0.3, 0.4) is 0 Å². The lowest BCUT2D eigenvalue weighted by Crippen LogP contribution is -2.61. The minimum absolute atomic E-state index is 0.184. The summed E-state index contributed by atoms with van der Waals surface area (Å²) in [6.45, 7) is 13.6. The molecule has 1 saturated heterocycles. The molecule has 0 bridgehead atoms. The third-order valence-electron chi connectivity index (χ3n) is 7.41. The van der Waals surface area contributed by atoms with Gasteiger partial charge in [-0.25, -0.2) is 14.8 Å². The molecule has 1 aliphatic rings. The number of aromatic nitrogens is 2. The number of aromatic carboxylic acids is 1. The molecule has 1 amide bonds. The van der Waals surface area contributed by atoms with Crippen LogP contribution in [0.25, 0.3) is 22.4 Å². The van der Waals surface area contributed by atoms with E-state index in [2.05, 4.69) is 30.7 Å². The van der Waals surface area contributed by atoms with Crippen LogP contribution in [0.15, 0.2) is 52.9 Å². The maximum atomic E-state index is 13.8.